The Morgan fingerprint density at radius 2 is 1.89 bits per heavy atom. The predicted octanol–water partition coefficient (Wildman–Crippen LogP) is 3.31. The van der Waals surface area contributed by atoms with Gasteiger partial charge in [0.05, 0.1) is 11.5 Å². The lowest BCUT2D eigenvalue weighted by Crippen LogP contribution is -2.48. The van der Waals surface area contributed by atoms with Crippen molar-refractivity contribution in [3.05, 3.63) is 34.3 Å². The largest absolute Gasteiger partial charge is 0.481 e. The third-order valence-electron chi connectivity index (χ3n) is 3.90. The highest BCUT2D eigenvalue weighted by Crippen LogP contribution is 2.52. The second-order valence-electron chi connectivity index (χ2n) is 5.23. The molecule has 0 spiro atoms. The van der Waals surface area contributed by atoms with Gasteiger partial charge in [0.1, 0.15) is 0 Å². The van der Waals surface area contributed by atoms with E-state index < -0.39 is 11.4 Å². The highest BCUT2D eigenvalue weighted by Gasteiger charge is 2.52. The molecule has 18 heavy (non-hydrogen) atoms. The van der Waals surface area contributed by atoms with Crippen molar-refractivity contribution in [3.8, 4) is 0 Å². The molecule has 0 radical (unpaired) electrons. The van der Waals surface area contributed by atoms with E-state index in [1.807, 2.05) is 43.3 Å². The van der Waals surface area contributed by atoms with Gasteiger partial charge in [0.25, 0.3) is 0 Å². The Morgan fingerprint density at radius 1 is 1.33 bits per heavy atom. The van der Waals surface area contributed by atoms with Crippen LogP contribution in [0.3, 0.4) is 0 Å². The van der Waals surface area contributed by atoms with Crippen molar-refractivity contribution in [1.82, 2.24) is 4.90 Å². The van der Waals surface area contributed by atoms with Crippen molar-refractivity contribution >= 4 is 21.9 Å². The minimum Gasteiger partial charge on any atom is -0.481 e. The number of carboxylic acids is 1. The summed E-state index contributed by atoms with van der Waals surface area (Å²) in [5.74, 6) is -0.671. The van der Waals surface area contributed by atoms with Gasteiger partial charge in [0, 0.05) is 4.47 Å². The summed E-state index contributed by atoms with van der Waals surface area (Å²) < 4.78 is 1.02. The zero-order valence-electron chi connectivity index (χ0n) is 10.7. The SMILES string of the molecule is CN(C)C(c1ccc(Br)cc1)C1(C(=O)O)CCC1. The Kier molecular flexibility index (Phi) is 3.78. The summed E-state index contributed by atoms with van der Waals surface area (Å²) in [5, 5.41) is 9.58. The van der Waals surface area contributed by atoms with Crippen molar-refractivity contribution in [3.63, 3.8) is 0 Å². The van der Waals surface area contributed by atoms with Crippen LogP contribution >= 0.6 is 15.9 Å². The number of carbonyl (C=O) groups is 1. The van der Waals surface area contributed by atoms with Crippen LogP contribution in [-0.2, 0) is 4.79 Å². The average Bonchev–Trinajstić information content (AvgIpc) is 2.23. The third kappa shape index (κ3) is 2.19. The first kappa shape index (κ1) is 13.6. The zero-order valence-corrected chi connectivity index (χ0v) is 12.3. The highest BCUT2D eigenvalue weighted by atomic mass is 79.9. The highest BCUT2D eigenvalue weighted by molar-refractivity contribution is 9.10. The number of halogens is 1. The molecule has 1 aliphatic carbocycles. The van der Waals surface area contributed by atoms with Gasteiger partial charge >= 0.3 is 5.97 Å². The van der Waals surface area contributed by atoms with E-state index >= 15 is 0 Å². The van der Waals surface area contributed by atoms with Crippen LogP contribution in [-0.4, -0.2) is 30.1 Å². The van der Waals surface area contributed by atoms with Crippen molar-refractivity contribution in [1.29, 1.82) is 0 Å². The third-order valence-corrected chi connectivity index (χ3v) is 4.43. The molecule has 1 fully saturated rings. The monoisotopic (exact) mass is 311 g/mol. The summed E-state index contributed by atoms with van der Waals surface area (Å²) in [5.41, 5.74) is 0.461. The fourth-order valence-corrected chi connectivity index (χ4v) is 3.18. The zero-order chi connectivity index (χ0) is 13.3. The standard InChI is InChI=1S/C14H18BrNO2/c1-16(2)12(10-4-6-11(15)7-5-10)14(13(17)18)8-3-9-14/h4-7,12H,3,8-9H2,1-2H3,(H,17,18). The number of benzene rings is 1. The molecule has 1 aliphatic rings. The number of nitrogens with zero attached hydrogens (tertiary/aromatic N) is 1. The lowest BCUT2D eigenvalue weighted by Gasteiger charge is -2.47. The van der Waals surface area contributed by atoms with E-state index in [1.54, 1.807) is 0 Å². The smallest absolute Gasteiger partial charge is 0.311 e. The maximum absolute atomic E-state index is 11.7. The van der Waals surface area contributed by atoms with E-state index in [4.69, 9.17) is 0 Å². The first-order valence-corrected chi connectivity index (χ1v) is 6.92. The molecule has 98 valence electrons. The Balaban J connectivity index is 2.39. The Morgan fingerprint density at radius 3 is 2.22 bits per heavy atom. The van der Waals surface area contributed by atoms with E-state index in [2.05, 4.69) is 15.9 Å². The molecule has 1 unspecified atom stereocenters. The van der Waals surface area contributed by atoms with Crippen LogP contribution in [0, 0.1) is 5.41 Å². The summed E-state index contributed by atoms with van der Waals surface area (Å²) >= 11 is 3.41. The summed E-state index contributed by atoms with van der Waals surface area (Å²) in [6, 6.07) is 7.91. The maximum atomic E-state index is 11.7. The van der Waals surface area contributed by atoms with E-state index in [0.29, 0.717) is 0 Å². The molecule has 0 aromatic heterocycles. The molecule has 1 saturated carbocycles. The fourth-order valence-electron chi connectivity index (χ4n) is 2.92. The predicted molar refractivity (Wildman–Crippen MR) is 74.5 cm³/mol. The van der Waals surface area contributed by atoms with Gasteiger partial charge in [-0.3, -0.25) is 4.79 Å². The van der Waals surface area contributed by atoms with Gasteiger partial charge in [-0.1, -0.05) is 34.5 Å². The van der Waals surface area contributed by atoms with Gasteiger partial charge in [-0.15, -0.1) is 0 Å². The average molecular weight is 312 g/mol. The van der Waals surface area contributed by atoms with Crippen molar-refractivity contribution in [2.45, 2.75) is 25.3 Å². The normalized spacial score (nSPS) is 19.3. The van der Waals surface area contributed by atoms with Gasteiger partial charge in [0.15, 0.2) is 0 Å². The van der Waals surface area contributed by atoms with Gasteiger partial charge < -0.3 is 10.0 Å². The van der Waals surface area contributed by atoms with E-state index in [-0.39, 0.29) is 6.04 Å². The topological polar surface area (TPSA) is 40.5 Å². The first-order valence-electron chi connectivity index (χ1n) is 6.13. The summed E-state index contributed by atoms with van der Waals surface area (Å²) in [7, 11) is 3.91. The van der Waals surface area contributed by atoms with Crippen LogP contribution < -0.4 is 0 Å². The van der Waals surface area contributed by atoms with Crippen molar-refractivity contribution in [2.75, 3.05) is 14.1 Å². The Hall–Kier alpha value is -0.870. The van der Waals surface area contributed by atoms with Crippen molar-refractivity contribution in [2.24, 2.45) is 5.41 Å². The first-order chi connectivity index (χ1) is 8.47. The molecule has 1 N–H and O–H groups in total. The molecule has 1 atom stereocenters. The number of rotatable bonds is 4. The summed E-state index contributed by atoms with van der Waals surface area (Å²) in [4.78, 5) is 13.7. The molecular formula is C14H18BrNO2. The maximum Gasteiger partial charge on any atom is 0.311 e. The summed E-state index contributed by atoms with van der Waals surface area (Å²) in [6.45, 7) is 0. The van der Waals surface area contributed by atoms with Crippen LogP contribution in [0.1, 0.15) is 30.9 Å². The molecular weight excluding hydrogens is 294 g/mol. The number of carboxylic acid groups (broad SMARTS) is 1. The lowest BCUT2D eigenvalue weighted by atomic mass is 9.62. The van der Waals surface area contributed by atoms with Gasteiger partial charge in [-0.05, 0) is 44.6 Å². The number of hydrogen-bond donors (Lipinski definition) is 1. The number of hydrogen-bond acceptors (Lipinski definition) is 2. The fraction of sp³-hybridized carbons (Fsp3) is 0.500. The molecule has 0 bridgehead atoms. The van der Waals surface area contributed by atoms with Gasteiger partial charge in [-0.25, -0.2) is 0 Å². The Bertz CT molecular complexity index is 438. The lowest BCUT2D eigenvalue weighted by molar-refractivity contribution is -0.161. The second kappa shape index (κ2) is 5.02. The van der Waals surface area contributed by atoms with Crippen LogP contribution in [0.2, 0.25) is 0 Å². The van der Waals surface area contributed by atoms with Crippen LogP contribution in [0.25, 0.3) is 0 Å². The second-order valence-corrected chi connectivity index (χ2v) is 6.15. The molecule has 0 aliphatic heterocycles. The van der Waals surface area contributed by atoms with E-state index in [1.165, 1.54) is 0 Å². The van der Waals surface area contributed by atoms with Gasteiger partial charge in [0.2, 0.25) is 0 Å². The molecule has 3 nitrogen and oxygen atoms in total. The van der Waals surface area contributed by atoms with E-state index in [0.717, 1.165) is 29.3 Å². The van der Waals surface area contributed by atoms with Crippen LogP contribution in [0.5, 0.6) is 0 Å². The van der Waals surface area contributed by atoms with E-state index in [9.17, 15) is 9.90 Å². The Labute approximate surface area is 116 Å². The molecule has 1 aromatic rings. The molecule has 2 rings (SSSR count). The molecule has 1 aromatic carbocycles. The molecule has 0 heterocycles. The number of aliphatic carboxylic acids is 1. The van der Waals surface area contributed by atoms with Crippen molar-refractivity contribution < 1.29 is 9.90 Å². The minimum absolute atomic E-state index is 0.0585. The molecule has 4 heteroatoms. The van der Waals surface area contributed by atoms with Crippen LogP contribution in [0.15, 0.2) is 28.7 Å². The minimum atomic E-state index is -0.671. The summed E-state index contributed by atoms with van der Waals surface area (Å²) in [6.07, 6.45) is 2.54. The molecule has 0 saturated heterocycles. The molecule has 0 amide bonds. The quantitative estimate of drug-likeness (QED) is 0.927. The van der Waals surface area contributed by atoms with Crippen LogP contribution in [0.4, 0.5) is 0 Å². The van der Waals surface area contributed by atoms with Gasteiger partial charge in [-0.2, -0.15) is 0 Å².